The van der Waals surface area contributed by atoms with Crippen LogP contribution in [0.15, 0.2) is 54.2 Å². The lowest BCUT2D eigenvalue weighted by Gasteiger charge is -2.27. The van der Waals surface area contributed by atoms with Crippen molar-refractivity contribution in [2.24, 2.45) is 0 Å². The van der Waals surface area contributed by atoms with Crippen LogP contribution in [0.4, 0.5) is 0 Å². The van der Waals surface area contributed by atoms with Crippen molar-refractivity contribution in [1.82, 2.24) is 0 Å². The minimum atomic E-state index is -1.62. The lowest BCUT2D eigenvalue weighted by Crippen LogP contribution is -2.44. The van der Waals surface area contributed by atoms with E-state index in [1.807, 2.05) is 0 Å². The highest BCUT2D eigenvalue weighted by Crippen LogP contribution is 2.24. The first-order chi connectivity index (χ1) is 9.82. The first kappa shape index (κ1) is 15.8. The zero-order valence-electron chi connectivity index (χ0n) is 14.0. The van der Waals surface area contributed by atoms with Crippen molar-refractivity contribution in [3.8, 4) is 0 Å². The van der Waals surface area contributed by atoms with E-state index in [2.05, 4.69) is 82.9 Å². The van der Waals surface area contributed by atoms with Crippen LogP contribution in [0.1, 0.15) is 22.3 Å². The maximum atomic E-state index is 4.46. The van der Waals surface area contributed by atoms with Crippen molar-refractivity contribution in [3.05, 3.63) is 76.5 Å². The highest BCUT2D eigenvalue weighted by Gasteiger charge is 2.27. The van der Waals surface area contributed by atoms with E-state index in [0.29, 0.717) is 0 Å². The maximum absolute atomic E-state index is 4.46. The summed E-state index contributed by atoms with van der Waals surface area (Å²) in [5.41, 5.74) is 5.60. The van der Waals surface area contributed by atoms with Crippen LogP contribution in [0.25, 0.3) is 0 Å². The van der Waals surface area contributed by atoms with E-state index in [0.717, 1.165) is 6.42 Å². The molecule has 0 nitrogen and oxygen atoms in total. The van der Waals surface area contributed by atoms with E-state index < -0.39 is 8.07 Å². The second-order valence-corrected chi connectivity index (χ2v) is 11.2. The Bertz CT molecular complexity index is 628. The highest BCUT2D eigenvalue weighted by atomic mass is 28.3. The van der Waals surface area contributed by atoms with Gasteiger partial charge >= 0.3 is 0 Å². The Balaban J connectivity index is 2.30. The number of aryl methyl sites for hydroxylation is 3. The quantitative estimate of drug-likeness (QED) is 0.706. The normalized spacial score (nSPS) is 11.5. The third kappa shape index (κ3) is 3.35. The van der Waals surface area contributed by atoms with Gasteiger partial charge in [-0.3, -0.25) is 0 Å². The Hall–Kier alpha value is -1.60. The fourth-order valence-corrected chi connectivity index (χ4v) is 5.03. The fraction of sp³-hybridized carbons (Fsp3) is 0.300. The molecule has 2 aromatic rings. The standard InChI is InChI=1S/C20H26Si/c1-15-12-16(2)20(17(3)13-15)14-18(4)21(5,6)19-10-8-7-9-11-19/h7-13H,4,14H2,1-3,5-6H3. The van der Waals surface area contributed by atoms with E-state index in [1.165, 1.54) is 32.6 Å². The van der Waals surface area contributed by atoms with Crippen LogP contribution in [0.2, 0.25) is 13.1 Å². The summed E-state index contributed by atoms with van der Waals surface area (Å²) in [4.78, 5) is 0. The zero-order valence-corrected chi connectivity index (χ0v) is 15.0. The van der Waals surface area contributed by atoms with Gasteiger partial charge in [0.15, 0.2) is 0 Å². The molecule has 2 aromatic carbocycles. The third-order valence-electron chi connectivity index (χ3n) is 4.61. The van der Waals surface area contributed by atoms with Gasteiger partial charge in [0.05, 0.1) is 0 Å². The summed E-state index contributed by atoms with van der Waals surface area (Å²) in [5.74, 6) is 0. The summed E-state index contributed by atoms with van der Waals surface area (Å²) in [6.07, 6.45) is 1.01. The van der Waals surface area contributed by atoms with Gasteiger partial charge in [-0.2, -0.15) is 0 Å². The second-order valence-electron chi connectivity index (χ2n) is 6.65. The Kier molecular flexibility index (Phi) is 4.53. The molecule has 0 aromatic heterocycles. The molecule has 0 N–H and O–H groups in total. The Morgan fingerprint density at radius 1 is 0.952 bits per heavy atom. The summed E-state index contributed by atoms with van der Waals surface area (Å²) in [7, 11) is -1.62. The van der Waals surface area contributed by atoms with Crippen molar-refractivity contribution in [3.63, 3.8) is 0 Å². The topological polar surface area (TPSA) is 0 Å². The van der Waals surface area contributed by atoms with Crippen LogP contribution < -0.4 is 5.19 Å². The summed E-state index contributed by atoms with van der Waals surface area (Å²) in [6, 6.07) is 15.4. The van der Waals surface area contributed by atoms with Gasteiger partial charge in [0.25, 0.3) is 0 Å². The fourth-order valence-electron chi connectivity index (χ4n) is 2.98. The molecule has 0 aliphatic rings. The summed E-state index contributed by atoms with van der Waals surface area (Å²) < 4.78 is 0. The van der Waals surface area contributed by atoms with Crippen LogP contribution in [-0.4, -0.2) is 8.07 Å². The summed E-state index contributed by atoms with van der Waals surface area (Å²) in [5, 5.41) is 2.88. The molecule has 0 spiro atoms. The maximum Gasteiger partial charge on any atom is 0.107 e. The van der Waals surface area contributed by atoms with Crippen LogP contribution in [0, 0.1) is 20.8 Å². The monoisotopic (exact) mass is 294 g/mol. The number of rotatable bonds is 4. The molecular weight excluding hydrogens is 268 g/mol. The molecule has 21 heavy (non-hydrogen) atoms. The van der Waals surface area contributed by atoms with Crippen LogP contribution in [-0.2, 0) is 6.42 Å². The van der Waals surface area contributed by atoms with Gasteiger partial charge in [0.2, 0.25) is 0 Å². The number of allylic oxidation sites excluding steroid dienone is 1. The number of hydrogen-bond acceptors (Lipinski definition) is 0. The Morgan fingerprint density at radius 2 is 1.48 bits per heavy atom. The van der Waals surface area contributed by atoms with E-state index in [-0.39, 0.29) is 0 Å². The van der Waals surface area contributed by atoms with Gasteiger partial charge in [-0.15, -0.1) is 6.58 Å². The molecule has 1 heteroatoms. The van der Waals surface area contributed by atoms with Crippen molar-refractivity contribution < 1.29 is 0 Å². The molecule has 0 bridgehead atoms. The molecule has 110 valence electrons. The Labute approximate surface area is 130 Å². The Morgan fingerprint density at radius 3 is 2.00 bits per heavy atom. The molecule has 0 heterocycles. The molecule has 0 amide bonds. The van der Waals surface area contributed by atoms with Gasteiger partial charge in [0, 0.05) is 0 Å². The lowest BCUT2D eigenvalue weighted by atomic mass is 9.97. The molecular formula is C20H26Si. The molecule has 0 saturated heterocycles. The molecule has 0 unspecified atom stereocenters. The summed E-state index contributed by atoms with van der Waals surface area (Å²) in [6.45, 7) is 15.9. The smallest absolute Gasteiger partial charge is 0.103 e. The molecule has 0 fully saturated rings. The van der Waals surface area contributed by atoms with E-state index in [9.17, 15) is 0 Å². The lowest BCUT2D eigenvalue weighted by molar-refractivity contribution is 1.13. The molecule has 0 saturated carbocycles. The third-order valence-corrected chi connectivity index (χ3v) is 8.33. The van der Waals surface area contributed by atoms with Crippen molar-refractivity contribution in [2.45, 2.75) is 40.3 Å². The van der Waals surface area contributed by atoms with Gasteiger partial charge in [-0.1, -0.05) is 71.5 Å². The van der Waals surface area contributed by atoms with Gasteiger partial charge < -0.3 is 0 Å². The predicted molar refractivity (Wildman–Crippen MR) is 97.1 cm³/mol. The van der Waals surface area contributed by atoms with Crippen LogP contribution in [0.5, 0.6) is 0 Å². The van der Waals surface area contributed by atoms with E-state index >= 15 is 0 Å². The largest absolute Gasteiger partial charge is 0.107 e. The highest BCUT2D eigenvalue weighted by molar-refractivity contribution is 6.95. The zero-order chi connectivity index (χ0) is 15.6. The molecule has 0 atom stereocenters. The second kappa shape index (κ2) is 6.03. The van der Waals surface area contributed by atoms with Gasteiger partial charge in [-0.25, -0.2) is 0 Å². The number of hydrogen-bond donors (Lipinski definition) is 0. The molecule has 0 aliphatic heterocycles. The van der Waals surface area contributed by atoms with Crippen molar-refractivity contribution in [1.29, 1.82) is 0 Å². The van der Waals surface area contributed by atoms with E-state index in [1.54, 1.807) is 0 Å². The average Bonchev–Trinajstić information content (AvgIpc) is 2.43. The number of benzene rings is 2. The van der Waals surface area contributed by atoms with Gasteiger partial charge in [-0.05, 0) is 43.9 Å². The molecule has 0 aliphatic carbocycles. The van der Waals surface area contributed by atoms with Crippen LogP contribution >= 0.6 is 0 Å². The molecule has 2 rings (SSSR count). The van der Waals surface area contributed by atoms with Crippen LogP contribution in [0.3, 0.4) is 0 Å². The average molecular weight is 295 g/mol. The first-order valence-electron chi connectivity index (χ1n) is 7.63. The predicted octanol–water partition coefficient (Wildman–Crippen LogP) is 4.87. The van der Waals surface area contributed by atoms with E-state index in [4.69, 9.17) is 0 Å². The van der Waals surface area contributed by atoms with Gasteiger partial charge in [0.1, 0.15) is 8.07 Å². The molecule has 0 radical (unpaired) electrons. The van der Waals surface area contributed by atoms with Crippen molar-refractivity contribution in [2.75, 3.05) is 0 Å². The minimum Gasteiger partial charge on any atom is -0.103 e. The SMILES string of the molecule is C=C(Cc1c(C)cc(C)cc1C)[Si](C)(C)c1ccccc1. The minimum absolute atomic E-state index is 1.01. The van der Waals surface area contributed by atoms with Crippen molar-refractivity contribution >= 4 is 13.3 Å². The summed E-state index contributed by atoms with van der Waals surface area (Å²) >= 11 is 0. The first-order valence-corrected chi connectivity index (χ1v) is 10.6.